The number of nitro groups is 1. The van der Waals surface area contributed by atoms with Crippen molar-refractivity contribution < 1.29 is 4.92 Å². The molecule has 4 nitrogen and oxygen atoms in total. The van der Waals surface area contributed by atoms with Crippen LogP contribution < -0.4 is 5.32 Å². The molecule has 0 unspecified atom stereocenters. The van der Waals surface area contributed by atoms with Gasteiger partial charge in [-0.05, 0) is 24.3 Å². The monoisotopic (exact) mass is 205 g/mol. The Morgan fingerprint density at radius 1 is 1.20 bits per heavy atom. The molecule has 1 heterocycles. The van der Waals surface area contributed by atoms with Crippen LogP contribution in [0, 0.1) is 10.1 Å². The summed E-state index contributed by atoms with van der Waals surface area (Å²) < 4.78 is 0. The van der Waals surface area contributed by atoms with Gasteiger partial charge in [0.25, 0.3) is 5.69 Å². The Morgan fingerprint density at radius 2 is 1.80 bits per heavy atom. The normalized spacial score (nSPS) is 17.6. The fraction of sp³-hybridized carbons (Fsp3) is 0.455. The van der Waals surface area contributed by atoms with Gasteiger partial charge in [-0.15, -0.1) is 0 Å². The van der Waals surface area contributed by atoms with Crippen molar-refractivity contribution in [3.8, 4) is 0 Å². The molecule has 1 aliphatic rings. The average molecular weight is 205 g/mol. The van der Waals surface area contributed by atoms with Gasteiger partial charge in [0.15, 0.2) is 0 Å². The third kappa shape index (κ3) is 2.33. The molecule has 0 bridgehead atoms. The number of hydrogen-bond donors (Lipinski definition) is 0. The SMILES string of the molecule is O=[N+]([O-])c1ccc(C2CC[N]CC2)cc1. The molecule has 4 heteroatoms. The van der Waals surface area contributed by atoms with E-state index in [9.17, 15) is 10.1 Å². The standard InChI is InChI=1S/C11H13N2O2/c14-13(15)11-3-1-9(2-4-11)10-5-7-12-8-6-10/h1-4,10H,5-8H2. The number of rotatable bonds is 2. The Kier molecular flexibility index (Phi) is 2.97. The maximum Gasteiger partial charge on any atom is 0.269 e. The van der Waals surface area contributed by atoms with Crippen molar-refractivity contribution in [2.24, 2.45) is 0 Å². The predicted molar refractivity (Wildman–Crippen MR) is 56.9 cm³/mol. The number of nitrogens with zero attached hydrogens (tertiary/aromatic N) is 2. The lowest BCUT2D eigenvalue weighted by atomic mass is 9.90. The summed E-state index contributed by atoms with van der Waals surface area (Å²) in [6.45, 7) is 1.84. The highest BCUT2D eigenvalue weighted by atomic mass is 16.6. The van der Waals surface area contributed by atoms with Crippen LogP contribution in [0.15, 0.2) is 24.3 Å². The highest BCUT2D eigenvalue weighted by Crippen LogP contribution is 2.26. The minimum absolute atomic E-state index is 0.166. The van der Waals surface area contributed by atoms with Crippen molar-refractivity contribution in [1.29, 1.82) is 0 Å². The molecule has 1 aromatic carbocycles. The summed E-state index contributed by atoms with van der Waals surface area (Å²) in [4.78, 5) is 10.1. The summed E-state index contributed by atoms with van der Waals surface area (Å²) in [5.41, 5.74) is 1.37. The highest BCUT2D eigenvalue weighted by Gasteiger charge is 2.16. The minimum atomic E-state index is -0.361. The lowest BCUT2D eigenvalue weighted by Gasteiger charge is -2.21. The third-order valence-electron chi connectivity index (χ3n) is 2.85. The molecule has 0 aliphatic carbocycles. The second-order valence-corrected chi connectivity index (χ2v) is 3.79. The number of non-ortho nitro benzene ring substituents is 1. The first-order valence-electron chi connectivity index (χ1n) is 5.15. The van der Waals surface area contributed by atoms with Gasteiger partial charge in [0.05, 0.1) is 4.92 Å². The Morgan fingerprint density at radius 3 is 2.33 bits per heavy atom. The molecule has 79 valence electrons. The van der Waals surface area contributed by atoms with Gasteiger partial charge < -0.3 is 0 Å². The summed E-state index contributed by atoms with van der Waals surface area (Å²) >= 11 is 0. The number of nitro benzene ring substituents is 1. The van der Waals surface area contributed by atoms with Crippen LogP contribution in [0.3, 0.4) is 0 Å². The van der Waals surface area contributed by atoms with E-state index < -0.39 is 0 Å². The minimum Gasteiger partial charge on any atom is -0.258 e. The van der Waals surface area contributed by atoms with E-state index >= 15 is 0 Å². The van der Waals surface area contributed by atoms with Crippen LogP contribution in [-0.4, -0.2) is 18.0 Å². The topological polar surface area (TPSA) is 57.2 Å². The molecule has 0 atom stereocenters. The van der Waals surface area contributed by atoms with Crippen LogP contribution in [0.2, 0.25) is 0 Å². The smallest absolute Gasteiger partial charge is 0.258 e. The van der Waals surface area contributed by atoms with E-state index in [-0.39, 0.29) is 10.6 Å². The van der Waals surface area contributed by atoms with Crippen LogP contribution in [0.5, 0.6) is 0 Å². The number of hydrogen-bond acceptors (Lipinski definition) is 2. The predicted octanol–water partition coefficient (Wildman–Crippen LogP) is 2.08. The van der Waals surface area contributed by atoms with Gasteiger partial charge in [-0.25, -0.2) is 5.32 Å². The van der Waals surface area contributed by atoms with E-state index in [0.29, 0.717) is 5.92 Å². The van der Waals surface area contributed by atoms with Gasteiger partial charge >= 0.3 is 0 Å². The lowest BCUT2D eigenvalue weighted by Crippen LogP contribution is -2.20. The molecule has 0 N–H and O–H groups in total. The van der Waals surface area contributed by atoms with Crippen LogP contribution in [0.1, 0.15) is 24.3 Å². The molecule has 15 heavy (non-hydrogen) atoms. The molecule has 2 rings (SSSR count). The molecule has 1 saturated heterocycles. The summed E-state index contributed by atoms with van der Waals surface area (Å²) in [5, 5.41) is 14.8. The molecular formula is C11H13N2O2. The van der Waals surface area contributed by atoms with Gasteiger partial charge in [-0.2, -0.15) is 0 Å². The van der Waals surface area contributed by atoms with Gasteiger partial charge in [0, 0.05) is 25.2 Å². The molecule has 1 radical (unpaired) electrons. The summed E-state index contributed by atoms with van der Waals surface area (Å²) in [6, 6.07) is 6.91. The first-order chi connectivity index (χ1) is 7.27. The van der Waals surface area contributed by atoms with Gasteiger partial charge in [0.1, 0.15) is 0 Å². The van der Waals surface area contributed by atoms with Crippen molar-refractivity contribution in [2.45, 2.75) is 18.8 Å². The van der Waals surface area contributed by atoms with Gasteiger partial charge in [-0.1, -0.05) is 12.1 Å². The summed E-state index contributed by atoms with van der Waals surface area (Å²) in [5.74, 6) is 0.531. The van der Waals surface area contributed by atoms with Crippen molar-refractivity contribution in [3.63, 3.8) is 0 Å². The Balaban J connectivity index is 2.11. The molecule has 1 fully saturated rings. The largest absolute Gasteiger partial charge is 0.269 e. The van der Waals surface area contributed by atoms with Crippen molar-refractivity contribution in [1.82, 2.24) is 5.32 Å². The van der Waals surface area contributed by atoms with Crippen LogP contribution in [-0.2, 0) is 0 Å². The Labute approximate surface area is 88.5 Å². The maximum absolute atomic E-state index is 10.5. The zero-order valence-electron chi connectivity index (χ0n) is 8.43. The first-order valence-corrected chi connectivity index (χ1v) is 5.15. The zero-order chi connectivity index (χ0) is 10.7. The summed E-state index contributed by atoms with van der Waals surface area (Å²) in [7, 11) is 0. The molecule has 0 spiro atoms. The molecule has 1 aliphatic heterocycles. The third-order valence-corrected chi connectivity index (χ3v) is 2.85. The van der Waals surface area contributed by atoms with E-state index in [1.165, 1.54) is 5.56 Å². The fourth-order valence-corrected chi connectivity index (χ4v) is 1.95. The zero-order valence-corrected chi connectivity index (χ0v) is 8.43. The van der Waals surface area contributed by atoms with Crippen molar-refractivity contribution in [3.05, 3.63) is 39.9 Å². The first kappa shape index (κ1) is 10.1. The van der Waals surface area contributed by atoms with E-state index in [2.05, 4.69) is 5.32 Å². The Bertz CT molecular complexity index is 342. The molecule has 0 aromatic heterocycles. The fourth-order valence-electron chi connectivity index (χ4n) is 1.95. The van der Waals surface area contributed by atoms with E-state index in [1.54, 1.807) is 12.1 Å². The lowest BCUT2D eigenvalue weighted by molar-refractivity contribution is -0.384. The molecule has 1 aromatic rings. The van der Waals surface area contributed by atoms with Crippen molar-refractivity contribution >= 4 is 5.69 Å². The van der Waals surface area contributed by atoms with E-state index in [1.807, 2.05) is 12.1 Å². The molecular weight excluding hydrogens is 192 g/mol. The van der Waals surface area contributed by atoms with Gasteiger partial charge in [-0.3, -0.25) is 10.1 Å². The maximum atomic E-state index is 10.5. The van der Waals surface area contributed by atoms with Crippen LogP contribution >= 0.6 is 0 Å². The van der Waals surface area contributed by atoms with Gasteiger partial charge in [0.2, 0.25) is 0 Å². The highest BCUT2D eigenvalue weighted by molar-refractivity contribution is 5.34. The molecule has 0 amide bonds. The second kappa shape index (κ2) is 4.40. The molecule has 0 saturated carbocycles. The average Bonchev–Trinajstić information content (AvgIpc) is 2.30. The number of benzene rings is 1. The van der Waals surface area contributed by atoms with E-state index in [4.69, 9.17) is 0 Å². The number of piperidine rings is 1. The Hall–Kier alpha value is -1.42. The second-order valence-electron chi connectivity index (χ2n) is 3.79. The van der Waals surface area contributed by atoms with Crippen LogP contribution in [0.4, 0.5) is 5.69 Å². The van der Waals surface area contributed by atoms with Crippen LogP contribution in [0.25, 0.3) is 0 Å². The quantitative estimate of drug-likeness (QED) is 0.548. The van der Waals surface area contributed by atoms with Crippen molar-refractivity contribution in [2.75, 3.05) is 13.1 Å². The van der Waals surface area contributed by atoms with E-state index in [0.717, 1.165) is 25.9 Å². The summed E-state index contributed by atoms with van der Waals surface area (Å²) in [6.07, 6.45) is 2.13.